The monoisotopic (exact) mass is 242 g/mol. The summed E-state index contributed by atoms with van der Waals surface area (Å²) in [6.45, 7) is 13.7. The van der Waals surface area contributed by atoms with Gasteiger partial charge in [-0.3, -0.25) is 4.79 Å². The van der Waals surface area contributed by atoms with E-state index in [0.717, 1.165) is 6.42 Å². The van der Waals surface area contributed by atoms with Crippen LogP contribution in [0, 0.1) is 0 Å². The highest BCUT2D eigenvalue weighted by molar-refractivity contribution is 6.74. The Kier molecular flexibility index (Phi) is 6.19. The first-order valence-electron chi connectivity index (χ1n) is 6.00. The number of ketones is 1. The van der Waals surface area contributed by atoms with E-state index in [1.165, 1.54) is 0 Å². The summed E-state index contributed by atoms with van der Waals surface area (Å²) in [6.07, 6.45) is 4.85. The zero-order valence-corrected chi connectivity index (χ0v) is 12.6. The Morgan fingerprint density at radius 3 is 2.31 bits per heavy atom. The van der Waals surface area contributed by atoms with Crippen LogP contribution in [-0.2, 0) is 9.22 Å². The third-order valence-corrected chi connectivity index (χ3v) is 7.73. The van der Waals surface area contributed by atoms with Gasteiger partial charge in [-0.25, -0.2) is 0 Å². The average molecular weight is 242 g/mol. The Morgan fingerprint density at radius 1 is 1.31 bits per heavy atom. The van der Waals surface area contributed by atoms with Crippen LogP contribution in [-0.4, -0.2) is 20.7 Å². The third kappa shape index (κ3) is 5.61. The summed E-state index contributed by atoms with van der Waals surface area (Å²) in [4.78, 5) is 11.2. The van der Waals surface area contributed by atoms with Crippen LogP contribution >= 0.6 is 0 Å². The van der Waals surface area contributed by atoms with Gasteiger partial charge < -0.3 is 4.43 Å². The Morgan fingerprint density at radius 2 is 1.88 bits per heavy atom. The average Bonchev–Trinajstić information content (AvgIpc) is 2.11. The van der Waals surface area contributed by atoms with Crippen molar-refractivity contribution in [3.63, 3.8) is 0 Å². The fraction of sp³-hybridized carbons (Fsp3) is 0.769. The van der Waals surface area contributed by atoms with Gasteiger partial charge in [-0.2, -0.15) is 0 Å². The lowest BCUT2D eigenvalue weighted by Crippen LogP contribution is -2.41. The van der Waals surface area contributed by atoms with Crippen LogP contribution in [0.5, 0.6) is 0 Å². The van der Waals surface area contributed by atoms with Crippen molar-refractivity contribution in [1.29, 1.82) is 0 Å². The molecule has 0 radical (unpaired) electrons. The molecule has 2 nitrogen and oxygen atoms in total. The highest BCUT2D eigenvalue weighted by Crippen LogP contribution is 2.36. The minimum Gasteiger partial charge on any atom is -0.417 e. The van der Waals surface area contributed by atoms with E-state index in [0.29, 0.717) is 13.0 Å². The minimum atomic E-state index is -1.62. The van der Waals surface area contributed by atoms with Gasteiger partial charge in [-0.05, 0) is 37.6 Å². The summed E-state index contributed by atoms with van der Waals surface area (Å²) in [5, 5.41) is 0.250. The normalized spacial score (nSPS) is 13.4. The van der Waals surface area contributed by atoms with Gasteiger partial charge in [0, 0.05) is 13.0 Å². The third-order valence-electron chi connectivity index (χ3n) is 3.19. The number of allylic oxidation sites excluding steroid dienone is 2. The standard InChI is InChI=1S/C13H26O2Si/c1-7-9-12(14)10-8-11-15-16(5,6)13(2,3)4/h7,9H,8,10-11H2,1-6H3/b9-7+. The van der Waals surface area contributed by atoms with Crippen molar-refractivity contribution in [3.8, 4) is 0 Å². The summed E-state index contributed by atoms with van der Waals surface area (Å²) in [7, 11) is -1.62. The second-order valence-corrected chi connectivity index (χ2v) is 10.5. The quantitative estimate of drug-likeness (QED) is 0.401. The molecule has 0 saturated heterocycles. The molecule has 3 heteroatoms. The Labute approximate surface area is 101 Å². The predicted molar refractivity (Wildman–Crippen MR) is 72.2 cm³/mol. The molecule has 0 heterocycles. The minimum absolute atomic E-state index is 0.196. The maximum Gasteiger partial charge on any atom is 0.191 e. The zero-order chi connectivity index (χ0) is 12.8. The predicted octanol–water partition coefficient (Wildman–Crippen LogP) is 3.93. The van der Waals surface area contributed by atoms with Crippen molar-refractivity contribution in [2.45, 2.75) is 58.7 Å². The van der Waals surface area contributed by atoms with Gasteiger partial charge >= 0.3 is 0 Å². The van der Waals surface area contributed by atoms with Gasteiger partial charge in [0.2, 0.25) is 0 Å². The number of carbonyl (C=O) groups excluding carboxylic acids is 1. The van der Waals surface area contributed by atoms with Crippen LogP contribution < -0.4 is 0 Å². The molecular weight excluding hydrogens is 216 g/mol. The molecule has 0 aliphatic carbocycles. The van der Waals surface area contributed by atoms with E-state index in [-0.39, 0.29) is 10.8 Å². The molecule has 0 atom stereocenters. The van der Waals surface area contributed by atoms with Crippen molar-refractivity contribution < 1.29 is 9.22 Å². The molecule has 0 spiro atoms. The van der Waals surface area contributed by atoms with Crippen LogP contribution in [0.3, 0.4) is 0 Å². The van der Waals surface area contributed by atoms with Crippen molar-refractivity contribution in [2.24, 2.45) is 0 Å². The van der Waals surface area contributed by atoms with E-state index >= 15 is 0 Å². The van der Waals surface area contributed by atoms with Crippen molar-refractivity contribution in [2.75, 3.05) is 6.61 Å². The lowest BCUT2D eigenvalue weighted by molar-refractivity contribution is -0.114. The van der Waals surface area contributed by atoms with Crippen LogP contribution in [0.2, 0.25) is 18.1 Å². The van der Waals surface area contributed by atoms with Gasteiger partial charge in [0.15, 0.2) is 14.1 Å². The summed E-state index contributed by atoms with van der Waals surface area (Å²) < 4.78 is 5.99. The van der Waals surface area contributed by atoms with Crippen LogP contribution in [0.15, 0.2) is 12.2 Å². The second-order valence-electron chi connectivity index (χ2n) is 5.68. The number of hydrogen-bond donors (Lipinski definition) is 0. The zero-order valence-electron chi connectivity index (χ0n) is 11.6. The Hall–Kier alpha value is -0.413. The van der Waals surface area contributed by atoms with Gasteiger partial charge in [0.1, 0.15) is 0 Å². The lowest BCUT2D eigenvalue weighted by Gasteiger charge is -2.36. The van der Waals surface area contributed by atoms with E-state index in [1.807, 2.05) is 6.92 Å². The van der Waals surface area contributed by atoms with Crippen LogP contribution in [0.25, 0.3) is 0 Å². The van der Waals surface area contributed by atoms with Crippen LogP contribution in [0.1, 0.15) is 40.5 Å². The Balaban J connectivity index is 3.87. The molecule has 0 aliphatic heterocycles. The largest absolute Gasteiger partial charge is 0.417 e. The van der Waals surface area contributed by atoms with Gasteiger partial charge in [0.25, 0.3) is 0 Å². The maximum absolute atomic E-state index is 11.2. The second kappa shape index (κ2) is 6.35. The Bertz CT molecular complexity index is 249. The molecule has 94 valence electrons. The molecule has 0 aliphatic rings. The topological polar surface area (TPSA) is 26.3 Å². The molecule has 0 bridgehead atoms. The van der Waals surface area contributed by atoms with Gasteiger partial charge in [-0.1, -0.05) is 26.8 Å². The van der Waals surface area contributed by atoms with Crippen molar-refractivity contribution >= 4 is 14.1 Å². The SMILES string of the molecule is C/C=C/C(=O)CCCO[Si](C)(C)C(C)(C)C. The van der Waals surface area contributed by atoms with Crippen LogP contribution in [0.4, 0.5) is 0 Å². The van der Waals surface area contributed by atoms with E-state index in [2.05, 4.69) is 33.9 Å². The van der Waals surface area contributed by atoms with E-state index < -0.39 is 8.32 Å². The molecule has 0 unspecified atom stereocenters. The molecule has 0 aromatic carbocycles. The van der Waals surface area contributed by atoms with Crippen molar-refractivity contribution in [1.82, 2.24) is 0 Å². The molecular formula is C13H26O2Si. The summed E-state index contributed by atoms with van der Waals surface area (Å²) in [6, 6.07) is 0. The summed E-state index contributed by atoms with van der Waals surface area (Å²) in [5.41, 5.74) is 0. The molecule has 0 aromatic rings. The smallest absolute Gasteiger partial charge is 0.191 e. The first-order valence-corrected chi connectivity index (χ1v) is 8.91. The van der Waals surface area contributed by atoms with Gasteiger partial charge in [0.05, 0.1) is 0 Å². The van der Waals surface area contributed by atoms with Gasteiger partial charge in [-0.15, -0.1) is 0 Å². The lowest BCUT2D eigenvalue weighted by atomic mass is 10.2. The fourth-order valence-electron chi connectivity index (χ4n) is 1.06. The molecule has 0 rings (SSSR count). The molecule has 0 amide bonds. The highest BCUT2D eigenvalue weighted by atomic mass is 28.4. The first-order chi connectivity index (χ1) is 7.20. The van der Waals surface area contributed by atoms with Crippen molar-refractivity contribution in [3.05, 3.63) is 12.2 Å². The molecule has 0 aromatic heterocycles. The first kappa shape index (κ1) is 15.6. The number of carbonyl (C=O) groups is 1. The molecule has 0 fully saturated rings. The van der Waals surface area contributed by atoms with E-state index in [4.69, 9.17) is 4.43 Å². The van der Waals surface area contributed by atoms with E-state index in [1.54, 1.807) is 12.2 Å². The number of rotatable bonds is 6. The molecule has 0 N–H and O–H groups in total. The summed E-state index contributed by atoms with van der Waals surface area (Å²) >= 11 is 0. The summed E-state index contributed by atoms with van der Waals surface area (Å²) in [5.74, 6) is 0.196. The van der Waals surface area contributed by atoms with E-state index in [9.17, 15) is 4.79 Å². The molecule has 16 heavy (non-hydrogen) atoms. The molecule has 0 saturated carbocycles. The fourth-order valence-corrected chi connectivity index (χ4v) is 2.15. The number of hydrogen-bond acceptors (Lipinski definition) is 2. The maximum atomic E-state index is 11.2. The highest BCUT2D eigenvalue weighted by Gasteiger charge is 2.36.